The zero-order valence-electron chi connectivity index (χ0n) is 7.47. The molecular formula is C11H8N2S. The molecule has 0 spiro atoms. The summed E-state index contributed by atoms with van der Waals surface area (Å²) in [6.45, 7) is 0. The van der Waals surface area contributed by atoms with Crippen LogP contribution in [0.3, 0.4) is 0 Å². The van der Waals surface area contributed by atoms with E-state index in [0.29, 0.717) is 6.42 Å². The Hall–Kier alpha value is -1.66. The van der Waals surface area contributed by atoms with Crippen LogP contribution in [0, 0.1) is 11.3 Å². The SMILES string of the molecule is N#CCc1ccc(-c2cccs2)nc1. The van der Waals surface area contributed by atoms with Crippen molar-refractivity contribution in [2.24, 2.45) is 0 Å². The number of hydrogen-bond acceptors (Lipinski definition) is 3. The average Bonchev–Trinajstić information content (AvgIpc) is 2.72. The summed E-state index contributed by atoms with van der Waals surface area (Å²) in [5, 5.41) is 10.5. The number of nitriles is 1. The highest BCUT2D eigenvalue weighted by Crippen LogP contribution is 2.22. The summed E-state index contributed by atoms with van der Waals surface area (Å²) in [4.78, 5) is 5.46. The molecule has 0 atom stereocenters. The van der Waals surface area contributed by atoms with Crippen LogP contribution in [-0.2, 0) is 6.42 Å². The van der Waals surface area contributed by atoms with E-state index in [0.717, 1.165) is 16.1 Å². The molecule has 2 aromatic rings. The van der Waals surface area contributed by atoms with Crippen molar-refractivity contribution in [1.29, 1.82) is 5.26 Å². The molecule has 0 aliphatic rings. The van der Waals surface area contributed by atoms with Crippen LogP contribution >= 0.6 is 11.3 Å². The molecule has 0 aliphatic heterocycles. The molecule has 2 rings (SSSR count). The second kappa shape index (κ2) is 4.03. The third-order valence-electron chi connectivity index (χ3n) is 1.88. The predicted molar refractivity (Wildman–Crippen MR) is 56.9 cm³/mol. The van der Waals surface area contributed by atoms with Crippen molar-refractivity contribution in [3.63, 3.8) is 0 Å². The van der Waals surface area contributed by atoms with Crippen LogP contribution in [-0.4, -0.2) is 4.98 Å². The van der Waals surface area contributed by atoms with Crippen LogP contribution in [0.4, 0.5) is 0 Å². The van der Waals surface area contributed by atoms with E-state index in [2.05, 4.69) is 11.1 Å². The van der Waals surface area contributed by atoms with Gasteiger partial charge in [-0.2, -0.15) is 5.26 Å². The van der Waals surface area contributed by atoms with Crippen molar-refractivity contribution in [3.05, 3.63) is 41.4 Å². The number of aromatic nitrogens is 1. The molecule has 0 bridgehead atoms. The van der Waals surface area contributed by atoms with Gasteiger partial charge in [-0.15, -0.1) is 11.3 Å². The van der Waals surface area contributed by atoms with Gasteiger partial charge in [0.15, 0.2) is 0 Å². The predicted octanol–water partition coefficient (Wildman–Crippen LogP) is 2.88. The van der Waals surface area contributed by atoms with E-state index in [-0.39, 0.29) is 0 Å². The van der Waals surface area contributed by atoms with Gasteiger partial charge in [0.05, 0.1) is 23.1 Å². The molecule has 0 unspecified atom stereocenters. The zero-order valence-corrected chi connectivity index (χ0v) is 8.29. The topological polar surface area (TPSA) is 36.7 Å². The van der Waals surface area contributed by atoms with Gasteiger partial charge in [-0.25, -0.2) is 0 Å². The first kappa shape index (κ1) is 8.92. The highest BCUT2D eigenvalue weighted by atomic mass is 32.1. The highest BCUT2D eigenvalue weighted by molar-refractivity contribution is 7.13. The maximum atomic E-state index is 8.50. The summed E-state index contributed by atoms with van der Waals surface area (Å²) in [6, 6.07) is 10.1. The van der Waals surface area contributed by atoms with Crippen molar-refractivity contribution >= 4 is 11.3 Å². The van der Waals surface area contributed by atoms with Gasteiger partial charge >= 0.3 is 0 Å². The first-order valence-corrected chi connectivity index (χ1v) is 5.14. The second-order valence-electron chi connectivity index (χ2n) is 2.86. The molecule has 14 heavy (non-hydrogen) atoms. The first-order valence-electron chi connectivity index (χ1n) is 4.26. The lowest BCUT2D eigenvalue weighted by Gasteiger charge is -1.97. The standard InChI is InChI=1S/C11H8N2S/c12-6-5-9-3-4-10(13-8-9)11-2-1-7-14-11/h1-4,7-8H,5H2. The molecule has 0 aliphatic carbocycles. The van der Waals surface area contributed by atoms with Crippen molar-refractivity contribution in [2.75, 3.05) is 0 Å². The summed E-state index contributed by atoms with van der Waals surface area (Å²) in [5.74, 6) is 0. The summed E-state index contributed by atoms with van der Waals surface area (Å²) in [5.41, 5.74) is 1.94. The maximum absolute atomic E-state index is 8.50. The van der Waals surface area contributed by atoms with Gasteiger partial charge in [0.25, 0.3) is 0 Å². The summed E-state index contributed by atoms with van der Waals surface area (Å²) < 4.78 is 0. The molecule has 0 N–H and O–H groups in total. The van der Waals surface area contributed by atoms with E-state index in [1.54, 1.807) is 17.5 Å². The lowest BCUT2D eigenvalue weighted by molar-refractivity contribution is 1.20. The number of hydrogen-bond donors (Lipinski definition) is 0. The van der Waals surface area contributed by atoms with Crippen LogP contribution in [0.25, 0.3) is 10.6 Å². The number of rotatable bonds is 2. The minimum atomic E-state index is 0.428. The van der Waals surface area contributed by atoms with Crippen LogP contribution in [0.15, 0.2) is 35.8 Å². The van der Waals surface area contributed by atoms with Crippen molar-refractivity contribution < 1.29 is 0 Å². The molecule has 0 saturated heterocycles. The largest absolute Gasteiger partial charge is 0.255 e. The van der Waals surface area contributed by atoms with Gasteiger partial charge in [-0.1, -0.05) is 12.1 Å². The fourth-order valence-electron chi connectivity index (χ4n) is 1.19. The van der Waals surface area contributed by atoms with Crippen LogP contribution in [0.1, 0.15) is 5.56 Å². The number of nitrogens with zero attached hydrogens (tertiary/aromatic N) is 2. The van der Waals surface area contributed by atoms with Crippen molar-refractivity contribution in [2.45, 2.75) is 6.42 Å². The summed E-state index contributed by atoms with van der Waals surface area (Å²) in [7, 11) is 0. The van der Waals surface area contributed by atoms with Gasteiger partial charge < -0.3 is 0 Å². The van der Waals surface area contributed by atoms with E-state index < -0.39 is 0 Å². The fraction of sp³-hybridized carbons (Fsp3) is 0.0909. The molecule has 2 aromatic heterocycles. The molecule has 0 aromatic carbocycles. The second-order valence-corrected chi connectivity index (χ2v) is 3.81. The Balaban J connectivity index is 2.27. The minimum absolute atomic E-state index is 0.428. The van der Waals surface area contributed by atoms with Crippen LogP contribution in [0.2, 0.25) is 0 Å². The van der Waals surface area contributed by atoms with Gasteiger partial charge in [0.1, 0.15) is 0 Å². The van der Waals surface area contributed by atoms with Gasteiger partial charge in [-0.05, 0) is 23.1 Å². The monoisotopic (exact) mass is 200 g/mol. The molecule has 2 heterocycles. The molecule has 0 amide bonds. The lowest BCUT2D eigenvalue weighted by atomic mass is 10.2. The average molecular weight is 200 g/mol. The Kier molecular flexibility index (Phi) is 2.57. The molecule has 3 heteroatoms. The van der Waals surface area contributed by atoms with E-state index in [9.17, 15) is 0 Å². The van der Waals surface area contributed by atoms with Gasteiger partial charge in [0, 0.05) is 6.20 Å². The van der Waals surface area contributed by atoms with Crippen LogP contribution in [0.5, 0.6) is 0 Å². The molecule has 0 saturated carbocycles. The van der Waals surface area contributed by atoms with E-state index in [1.807, 2.05) is 29.6 Å². The molecule has 0 radical (unpaired) electrons. The number of pyridine rings is 1. The van der Waals surface area contributed by atoms with Crippen molar-refractivity contribution in [1.82, 2.24) is 4.98 Å². The van der Waals surface area contributed by atoms with E-state index in [1.165, 1.54) is 0 Å². The smallest absolute Gasteiger partial charge is 0.0801 e. The third-order valence-corrected chi connectivity index (χ3v) is 2.77. The Labute approximate surface area is 86.5 Å². The Morgan fingerprint density at radius 1 is 1.36 bits per heavy atom. The normalized spacial score (nSPS) is 9.64. The van der Waals surface area contributed by atoms with Crippen molar-refractivity contribution in [3.8, 4) is 16.6 Å². The quantitative estimate of drug-likeness (QED) is 0.747. The minimum Gasteiger partial charge on any atom is -0.255 e. The lowest BCUT2D eigenvalue weighted by Crippen LogP contribution is -1.85. The van der Waals surface area contributed by atoms with Crippen LogP contribution < -0.4 is 0 Å². The van der Waals surface area contributed by atoms with Gasteiger partial charge in [0.2, 0.25) is 0 Å². The van der Waals surface area contributed by atoms with E-state index >= 15 is 0 Å². The molecule has 2 nitrogen and oxygen atoms in total. The first-order chi connectivity index (χ1) is 6.90. The zero-order chi connectivity index (χ0) is 9.80. The Bertz CT molecular complexity index is 437. The molecule has 0 fully saturated rings. The Morgan fingerprint density at radius 3 is 2.86 bits per heavy atom. The maximum Gasteiger partial charge on any atom is 0.0801 e. The molecule has 68 valence electrons. The Morgan fingerprint density at radius 2 is 2.29 bits per heavy atom. The summed E-state index contributed by atoms with van der Waals surface area (Å²) >= 11 is 1.67. The van der Waals surface area contributed by atoms with Gasteiger partial charge in [-0.3, -0.25) is 4.98 Å². The van der Waals surface area contributed by atoms with E-state index in [4.69, 9.17) is 5.26 Å². The highest BCUT2D eigenvalue weighted by Gasteiger charge is 1.99. The number of thiophene rings is 1. The summed E-state index contributed by atoms with van der Waals surface area (Å²) in [6.07, 6.45) is 2.19. The third kappa shape index (κ3) is 1.81. The fourth-order valence-corrected chi connectivity index (χ4v) is 1.89. The molecular weight excluding hydrogens is 192 g/mol.